The smallest absolute Gasteiger partial charge is 0.224 e. The van der Waals surface area contributed by atoms with Crippen molar-refractivity contribution < 1.29 is 4.79 Å². The Kier molecular flexibility index (Phi) is 5.75. The number of hydrogen-bond acceptors (Lipinski definition) is 3. The van der Waals surface area contributed by atoms with E-state index in [1.807, 2.05) is 35.2 Å². The van der Waals surface area contributed by atoms with Crippen molar-refractivity contribution in [1.29, 1.82) is 0 Å². The molecule has 0 aromatic heterocycles. The maximum Gasteiger partial charge on any atom is 0.224 e. The lowest BCUT2D eigenvalue weighted by atomic mass is 10.2. The van der Waals surface area contributed by atoms with E-state index in [0.717, 1.165) is 36.3 Å². The molecule has 1 saturated heterocycles. The highest BCUT2D eigenvalue weighted by molar-refractivity contribution is 9.10. The largest absolute Gasteiger partial charge is 0.384 e. The van der Waals surface area contributed by atoms with Crippen LogP contribution in [-0.4, -0.2) is 43.5 Å². The predicted molar refractivity (Wildman–Crippen MR) is 102 cm³/mol. The van der Waals surface area contributed by atoms with Gasteiger partial charge >= 0.3 is 0 Å². The molecule has 0 bridgehead atoms. The van der Waals surface area contributed by atoms with Crippen LogP contribution in [0, 0.1) is 0 Å². The van der Waals surface area contributed by atoms with E-state index in [1.165, 1.54) is 5.69 Å². The summed E-state index contributed by atoms with van der Waals surface area (Å²) in [5.41, 5.74) is 2.27. The van der Waals surface area contributed by atoms with Gasteiger partial charge in [0.15, 0.2) is 0 Å². The quantitative estimate of drug-likeness (QED) is 0.850. The highest BCUT2D eigenvalue weighted by Gasteiger charge is 2.20. The average Bonchev–Trinajstić information content (AvgIpc) is 2.63. The fourth-order valence-corrected chi connectivity index (χ4v) is 3.32. The van der Waals surface area contributed by atoms with Crippen molar-refractivity contribution in [3.63, 3.8) is 0 Å². The summed E-state index contributed by atoms with van der Waals surface area (Å²) in [6.07, 6.45) is 0.526. The summed E-state index contributed by atoms with van der Waals surface area (Å²) in [5.74, 6) is 0.227. The second-order valence-corrected chi connectivity index (χ2v) is 6.81. The van der Waals surface area contributed by atoms with E-state index in [4.69, 9.17) is 0 Å². The van der Waals surface area contributed by atoms with E-state index >= 15 is 0 Å². The molecule has 0 spiro atoms. The summed E-state index contributed by atoms with van der Waals surface area (Å²) < 4.78 is 1.04. The van der Waals surface area contributed by atoms with Crippen LogP contribution in [0.3, 0.4) is 0 Å². The predicted octanol–water partition coefficient (Wildman–Crippen LogP) is 3.60. The van der Waals surface area contributed by atoms with Gasteiger partial charge in [0.05, 0.1) is 0 Å². The van der Waals surface area contributed by atoms with Crippen LogP contribution in [-0.2, 0) is 4.79 Å². The standard InChI is InChI=1S/C19H22BrN3O/c20-16-5-4-6-17(15-16)21-10-9-19(24)23-13-11-22(12-14-23)18-7-2-1-3-8-18/h1-8,15,21H,9-14H2. The third kappa shape index (κ3) is 4.51. The Morgan fingerprint density at radius 2 is 1.75 bits per heavy atom. The number of nitrogens with one attached hydrogen (secondary N) is 1. The molecular formula is C19H22BrN3O. The molecular weight excluding hydrogens is 366 g/mol. The van der Waals surface area contributed by atoms with Crippen molar-refractivity contribution in [1.82, 2.24) is 4.90 Å². The number of halogens is 1. The summed E-state index contributed by atoms with van der Waals surface area (Å²) in [6, 6.07) is 18.4. The number of hydrogen-bond donors (Lipinski definition) is 1. The monoisotopic (exact) mass is 387 g/mol. The molecule has 5 heteroatoms. The van der Waals surface area contributed by atoms with Gasteiger partial charge < -0.3 is 15.1 Å². The zero-order chi connectivity index (χ0) is 16.8. The Hall–Kier alpha value is -2.01. The van der Waals surface area contributed by atoms with Crippen LogP contribution < -0.4 is 10.2 Å². The molecule has 126 valence electrons. The Morgan fingerprint density at radius 3 is 2.46 bits per heavy atom. The Balaban J connectivity index is 1.42. The SMILES string of the molecule is O=C(CCNc1cccc(Br)c1)N1CCN(c2ccccc2)CC1. The van der Waals surface area contributed by atoms with Crippen LogP contribution in [0.5, 0.6) is 0 Å². The van der Waals surface area contributed by atoms with Crippen molar-refractivity contribution in [3.8, 4) is 0 Å². The summed E-state index contributed by atoms with van der Waals surface area (Å²) >= 11 is 3.45. The molecule has 1 aliphatic rings. The molecule has 2 aromatic rings. The van der Waals surface area contributed by atoms with Crippen molar-refractivity contribution in [2.45, 2.75) is 6.42 Å². The number of rotatable bonds is 5. The maximum atomic E-state index is 12.4. The van der Waals surface area contributed by atoms with Gasteiger partial charge in [-0.3, -0.25) is 4.79 Å². The van der Waals surface area contributed by atoms with Crippen LogP contribution in [0.2, 0.25) is 0 Å². The normalized spacial score (nSPS) is 14.5. The molecule has 1 N–H and O–H groups in total. The number of nitrogens with zero attached hydrogens (tertiary/aromatic N) is 2. The second-order valence-electron chi connectivity index (χ2n) is 5.89. The first-order valence-corrected chi connectivity index (χ1v) is 9.09. The minimum atomic E-state index is 0.227. The Bertz CT molecular complexity index is 669. The molecule has 1 amide bonds. The maximum absolute atomic E-state index is 12.4. The van der Waals surface area contributed by atoms with Crippen LogP contribution in [0.15, 0.2) is 59.1 Å². The van der Waals surface area contributed by atoms with E-state index in [0.29, 0.717) is 13.0 Å². The van der Waals surface area contributed by atoms with Gasteiger partial charge in [0.25, 0.3) is 0 Å². The summed E-state index contributed by atoms with van der Waals surface area (Å²) in [7, 11) is 0. The van der Waals surface area contributed by atoms with Crippen LogP contribution >= 0.6 is 15.9 Å². The van der Waals surface area contributed by atoms with E-state index in [1.54, 1.807) is 0 Å². The fraction of sp³-hybridized carbons (Fsp3) is 0.316. The molecule has 3 rings (SSSR count). The van der Waals surface area contributed by atoms with Gasteiger partial charge in [-0.25, -0.2) is 0 Å². The van der Waals surface area contributed by atoms with E-state index < -0.39 is 0 Å². The number of amides is 1. The van der Waals surface area contributed by atoms with Crippen molar-refractivity contribution in [3.05, 3.63) is 59.1 Å². The minimum absolute atomic E-state index is 0.227. The highest BCUT2D eigenvalue weighted by atomic mass is 79.9. The third-order valence-electron chi connectivity index (χ3n) is 4.25. The van der Waals surface area contributed by atoms with Crippen LogP contribution in [0.1, 0.15) is 6.42 Å². The van der Waals surface area contributed by atoms with Gasteiger partial charge in [-0.15, -0.1) is 0 Å². The zero-order valence-electron chi connectivity index (χ0n) is 13.6. The molecule has 2 aromatic carbocycles. The minimum Gasteiger partial charge on any atom is -0.384 e. The highest BCUT2D eigenvalue weighted by Crippen LogP contribution is 2.17. The molecule has 24 heavy (non-hydrogen) atoms. The van der Waals surface area contributed by atoms with Crippen LogP contribution in [0.4, 0.5) is 11.4 Å². The van der Waals surface area contributed by atoms with Gasteiger partial charge in [0.2, 0.25) is 5.91 Å². The van der Waals surface area contributed by atoms with Gasteiger partial charge in [0, 0.05) is 55.0 Å². The van der Waals surface area contributed by atoms with Gasteiger partial charge in [-0.05, 0) is 30.3 Å². The number of para-hydroxylation sites is 1. The number of piperazine rings is 1. The zero-order valence-corrected chi connectivity index (χ0v) is 15.2. The number of carbonyl (C=O) groups is 1. The van der Waals surface area contributed by atoms with Crippen molar-refractivity contribution in [2.24, 2.45) is 0 Å². The summed E-state index contributed by atoms with van der Waals surface area (Å²) in [6.45, 7) is 4.05. The molecule has 0 unspecified atom stereocenters. The van der Waals surface area contributed by atoms with Gasteiger partial charge in [-0.1, -0.05) is 40.2 Å². The van der Waals surface area contributed by atoms with E-state index in [-0.39, 0.29) is 5.91 Å². The molecule has 0 saturated carbocycles. The molecule has 4 nitrogen and oxygen atoms in total. The molecule has 0 aliphatic carbocycles. The molecule has 1 aliphatic heterocycles. The lowest BCUT2D eigenvalue weighted by molar-refractivity contribution is -0.131. The average molecular weight is 388 g/mol. The first kappa shape index (κ1) is 16.8. The molecule has 1 fully saturated rings. The first-order chi connectivity index (χ1) is 11.7. The van der Waals surface area contributed by atoms with Gasteiger partial charge in [-0.2, -0.15) is 0 Å². The summed E-state index contributed by atoms with van der Waals surface area (Å²) in [4.78, 5) is 16.7. The lowest BCUT2D eigenvalue weighted by Crippen LogP contribution is -2.49. The second kappa shape index (κ2) is 8.20. The third-order valence-corrected chi connectivity index (χ3v) is 4.74. The van der Waals surface area contributed by atoms with Crippen LogP contribution in [0.25, 0.3) is 0 Å². The lowest BCUT2D eigenvalue weighted by Gasteiger charge is -2.36. The van der Waals surface area contributed by atoms with Crippen molar-refractivity contribution in [2.75, 3.05) is 42.9 Å². The number of benzene rings is 2. The van der Waals surface area contributed by atoms with Crippen molar-refractivity contribution >= 4 is 33.2 Å². The number of anilines is 2. The molecule has 0 atom stereocenters. The Morgan fingerprint density at radius 1 is 1.00 bits per heavy atom. The topological polar surface area (TPSA) is 35.6 Å². The molecule has 0 radical (unpaired) electrons. The first-order valence-electron chi connectivity index (χ1n) is 8.29. The molecule has 1 heterocycles. The fourth-order valence-electron chi connectivity index (χ4n) is 2.92. The van der Waals surface area contributed by atoms with Gasteiger partial charge in [0.1, 0.15) is 0 Å². The van der Waals surface area contributed by atoms with E-state index in [2.05, 4.69) is 50.4 Å². The van der Waals surface area contributed by atoms with E-state index in [9.17, 15) is 4.79 Å². The Labute approximate surface area is 151 Å². The number of carbonyl (C=O) groups excluding carboxylic acids is 1. The summed E-state index contributed by atoms with van der Waals surface area (Å²) in [5, 5.41) is 3.30.